The summed E-state index contributed by atoms with van der Waals surface area (Å²) < 4.78 is 0. The zero-order valence-corrected chi connectivity index (χ0v) is 28.5. The Morgan fingerprint density at radius 2 is 0.814 bits per heavy atom. The van der Waals surface area contributed by atoms with Crippen molar-refractivity contribution in [3.63, 3.8) is 0 Å². The number of benzene rings is 2. The van der Waals surface area contributed by atoms with Crippen molar-refractivity contribution in [2.75, 3.05) is 13.2 Å². The van der Waals surface area contributed by atoms with Gasteiger partial charge in [-0.05, 0) is 84.5 Å². The van der Waals surface area contributed by atoms with Crippen molar-refractivity contribution in [3.8, 4) is 11.5 Å². The molecular formula is C39H64O4. The van der Waals surface area contributed by atoms with E-state index in [0.717, 1.165) is 86.5 Å². The van der Waals surface area contributed by atoms with E-state index in [1.165, 1.54) is 49.7 Å². The number of hydrogen-bond acceptors (Lipinski definition) is 4. The van der Waals surface area contributed by atoms with E-state index in [9.17, 15) is 10.2 Å². The zero-order valence-electron chi connectivity index (χ0n) is 28.5. The Bertz CT molecular complexity index is 1000. The van der Waals surface area contributed by atoms with Crippen LogP contribution in [0.2, 0.25) is 0 Å². The van der Waals surface area contributed by atoms with E-state index < -0.39 is 0 Å². The lowest BCUT2D eigenvalue weighted by Crippen LogP contribution is -2.18. The molecule has 0 saturated heterocycles. The number of phenolic OH excluding ortho intramolecular Hbond substituents is 2. The van der Waals surface area contributed by atoms with Gasteiger partial charge in [-0.2, -0.15) is 0 Å². The van der Waals surface area contributed by atoms with Crippen molar-refractivity contribution in [2.45, 2.75) is 162 Å². The van der Waals surface area contributed by atoms with Crippen molar-refractivity contribution in [2.24, 2.45) is 0 Å². The van der Waals surface area contributed by atoms with Crippen LogP contribution >= 0.6 is 0 Å². The van der Waals surface area contributed by atoms with E-state index in [4.69, 9.17) is 10.2 Å². The van der Waals surface area contributed by atoms with Crippen LogP contribution in [-0.4, -0.2) is 33.6 Å². The molecule has 0 atom stereocenters. The summed E-state index contributed by atoms with van der Waals surface area (Å²) in [5.74, 6) is 0.757. The van der Waals surface area contributed by atoms with Crippen molar-refractivity contribution in [1.82, 2.24) is 0 Å². The molecule has 2 rings (SSSR count). The third-order valence-corrected chi connectivity index (χ3v) is 9.85. The number of phenols is 2. The number of aromatic hydroxyl groups is 2. The number of aliphatic hydroxyl groups excluding tert-OH is 2. The van der Waals surface area contributed by atoms with E-state index in [1.54, 1.807) is 0 Å². The van der Waals surface area contributed by atoms with Crippen LogP contribution in [-0.2, 0) is 30.1 Å². The van der Waals surface area contributed by atoms with E-state index in [0.29, 0.717) is 17.9 Å². The van der Waals surface area contributed by atoms with E-state index in [2.05, 4.69) is 65.8 Å². The highest BCUT2D eigenvalue weighted by Gasteiger charge is 2.27. The van der Waals surface area contributed by atoms with Gasteiger partial charge in [0.15, 0.2) is 0 Å². The van der Waals surface area contributed by atoms with Gasteiger partial charge in [0.2, 0.25) is 0 Å². The molecular weight excluding hydrogens is 532 g/mol. The zero-order chi connectivity index (χ0) is 31.9. The van der Waals surface area contributed by atoms with Gasteiger partial charge in [0.05, 0.1) is 0 Å². The van der Waals surface area contributed by atoms with Gasteiger partial charge in [-0.25, -0.2) is 0 Å². The third kappa shape index (κ3) is 11.8. The Morgan fingerprint density at radius 1 is 0.488 bits per heavy atom. The molecule has 0 unspecified atom stereocenters. The predicted octanol–water partition coefficient (Wildman–Crippen LogP) is 9.81. The molecule has 244 valence electrons. The largest absolute Gasteiger partial charge is 0.507 e. The molecule has 0 aromatic heterocycles. The van der Waals surface area contributed by atoms with Crippen LogP contribution in [0.15, 0.2) is 24.3 Å². The van der Waals surface area contributed by atoms with E-state index >= 15 is 0 Å². The van der Waals surface area contributed by atoms with Crippen LogP contribution in [0.5, 0.6) is 11.5 Å². The molecule has 0 spiro atoms. The monoisotopic (exact) mass is 596 g/mol. The molecule has 0 fully saturated rings. The molecule has 0 aliphatic heterocycles. The van der Waals surface area contributed by atoms with Crippen LogP contribution in [0.4, 0.5) is 0 Å². The first-order valence-electron chi connectivity index (χ1n) is 17.4. The molecule has 0 aliphatic carbocycles. The lowest BCUT2D eigenvalue weighted by molar-refractivity contribution is 0.282. The smallest absolute Gasteiger partial charge is 0.122 e. The van der Waals surface area contributed by atoms with Crippen LogP contribution in [0.25, 0.3) is 0 Å². The summed E-state index contributed by atoms with van der Waals surface area (Å²) in [6.45, 7) is 13.8. The highest BCUT2D eigenvalue weighted by molar-refractivity contribution is 5.53. The molecule has 4 N–H and O–H groups in total. The second kappa shape index (κ2) is 18.7. The minimum atomic E-state index is -0.143. The number of aliphatic hydroxyl groups is 2. The average Bonchev–Trinajstić information content (AvgIpc) is 2.98. The second-order valence-electron chi connectivity index (χ2n) is 14.1. The maximum Gasteiger partial charge on any atom is 0.122 e. The van der Waals surface area contributed by atoms with Gasteiger partial charge in [-0.15, -0.1) is 0 Å². The van der Waals surface area contributed by atoms with Crippen molar-refractivity contribution in [3.05, 3.63) is 57.6 Å². The maximum absolute atomic E-state index is 11.6. The van der Waals surface area contributed by atoms with Gasteiger partial charge in [0.25, 0.3) is 0 Å². The van der Waals surface area contributed by atoms with Crippen LogP contribution in [0.3, 0.4) is 0 Å². The topological polar surface area (TPSA) is 80.9 Å². The fourth-order valence-electron chi connectivity index (χ4n) is 5.99. The van der Waals surface area contributed by atoms with Gasteiger partial charge in [-0.1, -0.05) is 117 Å². The van der Waals surface area contributed by atoms with Gasteiger partial charge in [0, 0.05) is 30.8 Å². The summed E-state index contributed by atoms with van der Waals surface area (Å²) in [5, 5.41) is 41.3. The summed E-state index contributed by atoms with van der Waals surface area (Å²) in [5.41, 5.74) is 6.09. The molecule has 0 heterocycles. The fourth-order valence-corrected chi connectivity index (χ4v) is 5.99. The Hall–Kier alpha value is -2.04. The normalized spacial score (nSPS) is 12.3. The maximum atomic E-state index is 11.6. The van der Waals surface area contributed by atoms with Gasteiger partial charge >= 0.3 is 0 Å². The Kier molecular flexibility index (Phi) is 16.2. The summed E-state index contributed by atoms with van der Waals surface area (Å²) in [6.07, 6.45) is 17.6. The Balaban J connectivity index is 2.36. The molecule has 2 aromatic rings. The summed E-state index contributed by atoms with van der Waals surface area (Å²) >= 11 is 0. The second-order valence-corrected chi connectivity index (χ2v) is 14.1. The molecule has 0 aliphatic rings. The molecule has 0 saturated carbocycles. The molecule has 43 heavy (non-hydrogen) atoms. The van der Waals surface area contributed by atoms with E-state index in [1.807, 2.05) is 0 Å². The molecule has 0 bridgehead atoms. The SMILES string of the molecule is CCC(C)(C)c1cc(CCCCCCCCO)cc(Cc2cc(CCCCCCCCO)cc(C(C)(C)CC)c2O)c1O. The lowest BCUT2D eigenvalue weighted by Gasteiger charge is -2.28. The summed E-state index contributed by atoms with van der Waals surface area (Å²) in [4.78, 5) is 0. The number of aryl methyl sites for hydroxylation is 2. The number of unbranched alkanes of at least 4 members (excludes halogenated alkanes) is 10. The number of rotatable bonds is 22. The first-order chi connectivity index (χ1) is 20.5. The van der Waals surface area contributed by atoms with Gasteiger partial charge in [0.1, 0.15) is 11.5 Å². The first kappa shape index (κ1) is 37.1. The summed E-state index contributed by atoms with van der Waals surface area (Å²) in [6, 6.07) is 8.80. The molecule has 0 radical (unpaired) electrons. The minimum absolute atomic E-state index is 0.143. The third-order valence-electron chi connectivity index (χ3n) is 9.85. The molecule has 4 heteroatoms. The van der Waals surface area contributed by atoms with E-state index in [-0.39, 0.29) is 24.0 Å². The standard InChI is InChI=1S/C39H64O4/c1-7-38(3,4)34-27-30(21-17-13-9-11-15-19-23-40)25-32(36(34)42)29-33-26-31(22-18-14-10-12-16-20-24-41)28-35(37(33)43)39(5,6)8-2/h25-28,40-43H,7-24,29H2,1-6H3. The van der Waals surface area contributed by atoms with Crippen LogP contribution in [0, 0.1) is 0 Å². The summed E-state index contributed by atoms with van der Waals surface area (Å²) in [7, 11) is 0. The van der Waals surface area contributed by atoms with Crippen LogP contribution in [0.1, 0.15) is 165 Å². The first-order valence-corrected chi connectivity index (χ1v) is 17.4. The minimum Gasteiger partial charge on any atom is -0.507 e. The Morgan fingerprint density at radius 3 is 1.14 bits per heavy atom. The lowest BCUT2D eigenvalue weighted by atomic mass is 9.77. The molecule has 2 aromatic carbocycles. The Labute approximate surface area is 264 Å². The molecule has 4 nitrogen and oxygen atoms in total. The molecule has 0 amide bonds. The van der Waals surface area contributed by atoms with Crippen molar-refractivity contribution in [1.29, 1.82) is 0 Å². The highest BCUT2D eigenvalue weighted by Crippen LogP contribution is 2.41. The quantitative estimate of drug-likeness (QED) is 0.102. The van der Waals surface area contributed by atoms with Crippen LogP contribution < -0.4 is 0 Å². The predicted molar refractivity (Wildman–Crippen MR) is 183 cm³/mol. The van der Waals surface area contributed by atoms with Crippen molar-refractivity contribution >= 4 is 0 Å². The van der Waals surface area contributed by atoms with Crippen molar-refractivity contribution < 1.29 is 20.4 Å². The highest BCUT2D eigenvalue weighted by atomic mass is 16.3. The average molecular weight is 597 g/mol. The number of hydrogen-bond donors (Lipinski definition) is 4. The van der Waals surface area contributed by atoms with Gasteiger partial charge in [-0.3, -0.25) is 0 Å². The fraction of sp³-hybridized carbons (Fsp3) is 0.692. The van der Waals surface area contributed by atoms with Gasteiger partial charge < -0.3 is 20.4 Å².